The Kier molecular flexibility index (Phi) is 5.45. The van der Waals surface area contributed by atoms with Gasteiger partial charge < -0.3 is 10.4 Å². The number of benzene rings is 1. The van der Waals surface area contributed by atoms with Crippen LogP contribution in [0.4, 0.5) is 19.0 Å². The van der Waals surface area contributed by atoms with Crippen LogP contribution in [0.1, 0.15) is 50.8 Å². The van der Waals surface area contributed by atoms with E-state index in [1.165, 1.54) is 6.07 Å². The second-order valence-corrected chi connectivity index (χ2v) is 8.96. The summed E-state index contributed by atoms with van der Waals surface area (Å²) in [7, 11) is 0. The lowest BCUT2D eigenvalue weighted by atomic mass is 9.77. The van der Waals surface area contributed by atoms with Gasteiger partial charge in [0.1, 0.15) is 5.82 Å². The van der Waals surface area contributed by atoms with E-state index in [9.17, 15) is 18.3 Å². The standard InChI is InChI=1S/C23H27F3N4O/c1-14-21(15-5-4-6-17(13-15)23(24,25)26)30-20(27-14)12-11-19(29-30)28-18-9-7-16(8-10-18)22(2,3)31/h4-6,11-13,16,18,31H,7-10H2,1-3H3,(H,28,29)/t16-,18-. The van der Waals surface area contributed by atoms with E-state index in [1.807, 2.05) is 26.0 Å². The van der Waals surface area contributed by atoms with Gasteiger partial charge in [-0.3, -0.25) is 0 Å². The van der Waals surface area contributed by atoms with E-state index < -0.39 is 17.3 Å². The molecule has 0 bridgehead atoms. The molecule has 1 aromatic carbocycles. The highest BCUT2D eigenvalue weighted by molar-refractivity contribution is 5.67. The Balaban J connectivity index is 1.60. The van der Waals surface area contributed by atoms with Crippen LogP contribution in [0.15, 0.2) is 36.4 Å². The number of nitrogens with zero attached hydrogens (tertiary/aromatic N) is 3. The monoisotopic (exact) mass is 432 g/mol. The smallest absolute Gasteiger partial charge is 0.390 e. The van der Waals surface area contributed by atoms with Crippen LogP contribution in [0.3, 0.4) is 0 Å². The molecule has 0 radical (unpaired) electrons. The number of fused-ring (bicyclic) bond motifs is 1. The number of hydrogen-bond donors (Lipinski definition) is 2. The van der Waals surface area contributed by atoms with Gasteiger partial charge in [-0.15, -0.1) is 5.10 Å². The van der Waals surface area contributed by atoms with Gasteiger partial charge in [0, 0.05) is 11.6 Å². The number of imidazole rings is 1. The van der Waals surface area contributed by atoms with Crippen LogP contribution < -0.4 is 5.32 Å². The zero-order chi connectivity index (χ0) is 22.4. The third-order valence-electron chi connectivity index (χ3n) is 6.19. The van der Waals surface area contributed by atoms with Crippen LogP contribution in [0.2, 0.25) is 0 Å². The molecule has 0 saturated heterocycles. The Labute approximate surface area is 179 Å². The SMILES string of the molecule is Cc1nc2ccc(N[C@H]3CC[C@H](C(C)(C)O)CC3)nn2c1-c1cccc(C(F)(F)F)c1. The first-order chi connectivity index (χ1) is 14.5. The van der Waals surface area contributed by atoms with Crippen molar-refractivity contribution in [3.63, 3.8) is 0 Å². The summed E-state index contributed by atoms with van der Waals surface area (Å²) in [5.41, 5.74) is 0.815. The summed E-state index contributed by atoms with van der Waals surface area (Å²) in [6.45, 7) is 5.49. The van der Waals surface area contributed by atoms with Gasteiger partial charge in [-0.1, -0.05) is 12.1 Å². The van der Waals surface area contributed by atoms with Gasteiger partial charge in [-0.2, -0.15) is 13.2 Å². The molecule has 0 aliphatic heterocycles. The van der Waals surface area contributed by atoms with Crippen molar-refractivity contribution in [1.29, 1.82) is 0 Å². The van der Waals surface area contributed by atoms with Gasteiger partial charge in [-0.05, 0) is 76.6 Å². The van der Waals surface area contributed by atoms with Gasteiger partial charge in [0.2, 0.25) is 0 Å². The van der Waals surface area contributed by atoms with Gasteiger partial charge in [0.05, 0.1) is 22.6 Å². The molecule has 1 aliphatic rings. The van der Waals surface area contributed by atoms with Crippen LogP contribution in [0, 0.1) is 12.8 Å². The van der Waals surface area contributed by atoms with Crippen molar-refractivity contribution in [3.05, 3.63) is 47.7 Å². The van der Waals surface area contributed by atoms with Crippen molar-refractivity contribution in [3.8, 4) is 11.3 Å². The zero-order valence-electron chi connectivity index (χ0n) is 17.9. The highest BCUT2D eigenvalue weighted by Gasteiger charge is 2.32. The maximum atomic E-state index is 13.2. The van der Waals surface area contributed by atoms with Crippen molar-refractivity contribution in [2.75, 3.05) is 5.32 Å². The summed E-state index contributed by atoms with van der Waals surface area (Å²) in [5, 5.41) is 18.3. The fourth-order valence-corrected chi connectivity index (χ4v) is 4.45. The average Bonchev–Trinajstić information content (AvgIpc) is 3.02. The van der Waals surface area contributed by atoms with Crippen LogP contribution in [0.5, 0.6) is 0 Å². The van der Waals surface area contributed by atoms with E-state index in [0.29, 0.717) is 28.4 Å². The van der Waals surface area contributed by atoms with Crippen LogP contribution in [-0.2, 0) is 6.18 Å². The van der Waals surface area contributed by atoms with E-state index in [1.54, 1.807) is 17.5 Å². The largest absolute Gasteiger partial charge is 0.416 e. The van der Waals surface area contributed by atoms with Crippen LogP contribution in [-0.4, -0.2) is 31.3 Å². The summed E-state index contributed by atoms with van der Waals surface area (Å²) in [6, 6.07) is 9.15. The van der Waals surface area contributed by atoms with Crippen LogP contribution in [0.25, 0.3) is 16.9 Å². The number of nitrogens with one attached hydrogen (secondary N) is 1. The molecular formula is C23H27F3N4O. The molecule has 5 nitrogen and oxygen atoms in total. The normalized spacial score (nSPS) is 20.2. The molecule has 2 aromatic heterocycles. The Bertz CT molecular complexity index is 1080. The molecule has 166 valence electrons. The number of aliphatic hydroxyl groups is 1. The quantitative estimate of drug-likeness (QED) is 0.574. The lowest BCUT2D eigenvalue weighted by Crippen LogP contribution is -2.37. The minimum Gasteiger partial charge on any atom is -0.390 e. The Hall–Kier alpha value is -2.61. The zero-order valence-corrected chi connectivity index (χ0v) is 17.9. The molecule has 2 N–H and O–H groups in total. The Morgan fingerprint density at radius 1 is 1.06 bits per heavy atom. The topological polar surface area (TPSA) is 62.5 Å². The molecule has 3 aromatic rings. The van der Waals surface area contributed by atoms with E-state index in [-0.39, 0.29) is 12.0 Å². The predicted molar refractivity (Wildman–Crippen MR) is 114 cm³/mol. The lowest BCUT2D eigenvalue weighted by molar-refractivity contribution is -0.137. The highest BCUT2D eigenvalue weighted by Crippen LogP contribution is 2.35. The number of anilines is 1. The van der Waals surface area contributed by atoms with Crippen molar-refractivity contribution in [2.45, 2.75) is 64.3 Å². The summed E-state index contributed by atoms with van der Waals surface area (Å²) in [5.74, 6) is 0.939. The predicted octanol–water partition coefficient (Wildman–Crippen LogP) is 5.47. The highest BCUT2D eigenvalue weighted by atomic mass is 19.4. The molecule has 0 unspecified atom stereocenters. The molecule has 8 heteroatoms. The first-order valence-corrected chi connectivity index (χ1v) is 10.6. The number of aromatic nitrogens is 3. The minimum absolute atomic E-state index is 0.241. The summed E-state index contributed by atoms with van der Waals surface area (Å²) < 4.78 is 41.2. The fraction of sp³-hybridized carbons (Fsp3) is 0.478. The van der Waals surface area contributed by atoms with Crippen molar-refractivity contribution in [2.24, 2.45) is 5.92 Å². The molecule has 4 rings (SSSR count). The second kappa shape index (κ2) is 7.82. The summed E-state index contributed by atoms with van der Waals surface area (Å²) in [4.78, 5) is 4.47. The Morgan fingerprint density at radius 2 is 1.77 bits per heavy atom. The molecule has 1 fully saturated rings. The lowest BCUT2D eigenvalue weighted by Gasteiger charge is -2.36. The maximum absolute atomic E-state index is 13.2. The number of rotatable bonds is 4. The first kappa shape index (κ1) is 21.6. The average molecular weight is 432 g/mol. The molecule has 0 spiro atoms. The fourth-order valence-electron chi connectivity index (χ4n) is 4.45. The molecule has 0 atom stereocenters. The minimum atomic E-state index is -4.41. The molecule has 1 aliphatic carbocycles. The van der Waals surface area contributed by atoms with Crippen LogP contribution >= 0.6 is 0 Å². The Morgan fingerprint density at radius 3 is 2.42 bits per heavy atom. The van der Waals surface area contributed by atoms with E-state index in [2.05, 4.69) is 15.4 Å². The van der Waals surface area contributed by atoms with Gasteiger partial charge in [-0.25, -0.2) is 9.50 Å². The number of alkyl halides is 3. The van der Waals surface area contributed by atoms with Gasteiger partial charge >= 0.3 is 6.18 Å². The molecule has 2 heterocycles. The second-order valence-electron chi connectivity index (χ2n) is 8.96. The molecule has 0 amide bonds. The maximum Gasteiger partial charge on any atom is 0.416 e. The third-order valence-corrected chi connectivity index (χ3v) is 6.19. The van der Waals surface area contributed by atoms with Gasteiger partial charge in [0.15, 0.2) is 5.65 Å². The van der Waals surface area contributed by atoms with Gasteiger partial charge in [0.25, 0.3) is 0 Å². The molecule has 1 saturated carbocycles. The number of halogens is 3. The van der Waals surface area contributed by atoms with E-state index in [4.69, 9.17) is 0 Å². The first-order valence-electron chi connectivity index (χ1n) is 10.6. The van der Waals surface area contributed by atoms with Crippen molar-refractivity contribution in [1.82, 2.24) is 14.6 Å². The third kappa shape index (κ3) is 4.54. The summed E-state index contributed by atoms with van der Waals surface area (Å²) >= 11 is 0. The molecule has 31 heavy (non-hydrogen) atoms. The molecular weight excluding hydrogens is 405 g/mol. The number of hydrogen-bond acceptors (Lipinski definition) is 4. The van der Waals surface area contributed by atoms with Crippen molar-refractivity contribution < 1.29 is 18.3 Å². The van der Waals surface area contributed by atoms with Crippen molar-refractivity contribution >= 4 is 11.5 Å². The van der Waals surface area contributed by atoms with E-state index in [0.717, 1.165) is 37.8 Å². The summed E-state index contributed by atoms with van der Waals surface area (Å²) in [6.07, 6.45) is -0.686. The number of aryl methyl sites for hydroxylation is 1. The van der Waals surface area contributed by atoms with E-state index >= 15 is 0 Å².